The topological polar surface area (TPSA) is 37.3 Å². The number of carboxylic acid groups (broad SMARTS) is 1. The maximum Gasteiger partial charge on any atom is 0.307 e. The van der Waals surface area contributed by atoms with Crippen molar-refractivity contribution in [3.8, 4) is 11.1 Å². The molecule has 92 valence electrons. The lowest BCUT2D eigenvalue weighted by atomic mass is 10.0. The first-order valence-corrected chi connectivity index (χ1v) is 5.32. The van der Waals surface area contributed by atoms with Crippen LogP contribution >= 0.6 is 0 Å². The molecule has 0 aliphatic rings. The van der Waals surface area contributed by atoms with Crippen molar-refractivity contribution in [3.63, 3.8) is 0 Å². The molecule has 0 heterocycles. The van der Waals surface area contributed by atoms with Crippen molar-refractivity contribution in [1.29, 1.82) is 0 Å². The van der Waals surface area contributed by atoms with Crippen molar-refractivity contribution < 1.29 is 18.7 Å². The Morgan fingerprint density at radius 3 is 2.17 bits per heavy atom. The van der Waals surface area contributed by atoms with Crippen molar-refractivity contribution in [2.45, 2.75) is 6.42 Å². The Morgan fingerprint density at radius 2 is 1.61 bits per heavy atom. The lowest BCUT2D eigenvalue weighted by Crippen LogP contribution is -2.02. The first-order chi connectivity index (χ1) is 8.56. The van der Waals surface area contributed by atoms with Crippen molar-refractivity contribution in [1.82, 2.24) is 0 Å². The maximum atomic E-state index is 13.6. The van der Waals surface area contributed by atoms with E-state index >= 15 is 0 Å². The first-order valence-electron chi connectivity index (χ1n) is 5.32. The number of carboxylic acids is 1. The predicted octanol–water partition coefficient (Wildman–Crippen LogP) is 3.26. The third kappa shape index (κ3) is 2.71. The fourth-order valence-electron chi connectivity index (χ4n) is 1.68. The number of hydrogen-bond acceptors (Lipinski definition) is 1. The standard InChI is InChI=1S/C14H10F2O2/c15-12-5-3-9(4-6-12)10-1-2-11(8-14(17)18)13(16)7-10/h1-7H,8H2,(H,17,18). The molecule has 4 heteroatoms. The molecule has 18 heavy (non-hydrogen) atoms. The van der Waals surface area contributed by atoms with Crippen molar-refractivity contribution in [3.05, 3.63) is 59.7 Å². The van der Waals surface area contributed by atoms with Crippen LogP contribution in [-0.4, -0.2) is 11.1 Å². The summed E-state index contributed by atoms with van der Waals surface area (Å²) in [7, 11) is 0. The molecular weight excluding hydrogens is 238 g/mol. The van der Waals surface area contributed by atoms with E-state index in [0.29, 0.717) is 11.1 Å². The Morgan fingerprint density at radius 1 is 1.00 bits per heavy atom. The number of aliphatic carboxylic acids is 1. The van der Waals surface area contributed by atoms with Gasteiger partial charge in [0, 0.05) is 0 Å². The van der Waals surface area contributed by atoms with E-state index in [2.05, 4.69) is 0 Å². The summed E-state index contributed by atoms with van der Waals surface area (Å²) in [4.78, 5) is 10.5. The minimum absolute atomic E-state index is 0.133. The minimum Gasteiger partial charge on any atom is -0.481 e. The summed E-state index contributed by atoms with van der Waals surface area (Å²) in [5.74, 6) is -2.01. The fourth-order valence-corrected chi connectivity index (χ4v) is 1.68. The molecule has 2 nitrogen and oxygen atoms in total. The molecule has 2 aromatic carbocycles. The summed E-state index contributed by atoms with van der Waals surface area (Å²) in [6.45, 7) is 0. The Bertz CT molecular complexity index is 577. The van der Waals surface area contributed by atoms with Crippen molar-refractivity contribution >= 4 is 5.97 Å². The largest absolute Gasteiger partial charge is 0.481 e. The van der Waals surface area contributed by atoms with Gasteiger partial charge in [-0.3, -0.25) is 4.79 Å². The van der Waals surface area contributed by atoms with E-state index in [1.807, 2.05) is 0 Å². The molecule has 0 atom stereocenters. The molecule has 0 aliphatic carbocycles. The van der Waals surface area contributed by atoms with Crippen molar-refractivity contribution in [2.24, 2.45) is 0 Å². The van der Waals surface area contributed by atoms with Gasteiger partial charge in [-0.2, -0.15) is 0 Å². The second kappa shape index (κ2) is 4.96. The highest BCUT2D eigenvalue weighted by Crippen LogP contribution is 2.22. The lowest BCUT2D eigenvalue weighted by Gasteiger charge is -2.05. The minimum atomic E-state index is -1.08. The van der Waals surface area contributed by atoms with Crippen LogP contribution in [0.15, 0.2) is 42.5 Å². The van der Waals surface area contributed by atoms with Crippen LogP contribution in [0.3, 0.4) is 0 Å². The van der Waals surface area contributed by atoms with Gasteiger partial charge in [0.25, 0.3) is 0 Å². The zero-order valence-electron chi connectivity index (χ0n) is 9.36. The summed E-state index contributed by atoms with van der Waals surface area (Å²) in [5, 5.41) is 8.60. The SMILES string of the molecule is O=C(O)Cc1ccc(-c2ccc(F)cc2)cc1F. The van der Waals surface area contributed by atoms with Gasteiger partial charge < -0.3 is 5.11 Å². The Kier molecular flexibility index (Phi) is 3.37. The van der Waals surface area contributed by atoms with Gasteiger partial charge in [0.15, 0.2) is 0 Å². The normalized spacial score (nSPS) is 10.3. The fraction of sp³-hybridized carbons (Fsp3) is 0.0714. The van der Waals surface area contributed by atoms with Crippen molar-refractivity contribution in [2.75, 3.05) is 0 Å². The van der Waals surface area contributed by atoms with E-state index < -0.39 is 11.8 Å². The quantitative estimate of drug-likeness (QED) is 0.905. The van der Waals surface area contributed by atoms with E-state index in [1.54, 1.807) is 18.2 Å². The van der Waals surface area contributed by atoms with Crippen LogP contribution in [0.4, 0.5) is 8.78 Å². The molecule has 2 aromatic rings. The van der Waals surface area contributed by atoms with Gasteiger partial charge in [0.2, 0.25) is 0 Å². The van der Waals surface area contributed by atoms with E-state index in [9.17, 15) is 13.6 Å². The summed E-state index contributed by atoms with van der Waals surface area (Å²) in [5.41, 5.74) is 1.40. The average Bonchev–Trinajstić information content (AvgIpc) is 2.32. The number of carbonyl (C=O) groups is 1. The molecule has 0 fully saturated rings. The Balaban J connectivity index is 2.33. The number of rotatable bonds is 3. The van der Waals surface area contributed by atoms with Crippen LogP contribution in [-0.2, 0) is 11.2 Å². The highest BCUT2D eigenvalue weighted by molar-refractivity contribution is 5.71. The third-order valence-corrected chi connectivity index (χ3v) is 2.57. The zero-order chi connectivity index (χ0) is 13.1. The molecule has 0 unspecified atom stereocenters. The van der Waals surface area contributed by atoms with Gasteiger partial charge in [0.1, 0.15) is 11.6 Å². The molecule has 0 saturated carbocycles. The predicted molar refractivity (Wildman–Crippen MR) is 63.1 cm³/mol. The summed E-state index contributed by atoms with van der Waals surface area (Å²) < 4.78 is 26.4. The third-order valence-electron chi connectivity index (χ3n) is 2.57. The van der Waals surface area contributed by atoms with Gasteiger partial charge in [-0.25, -0.2) is 8.78 Å². The van der Waals surface area contributed by atoms with Crippen LogP contribution in [0.25, 0.3) is 11.1 Å². The Hall–Kier alpha value is -2.23. The van der Waals surface area contributed by atoms with E-state index in [-0.39, 0.29) is 17.8 Å². The van der Waals surface area contributed by atoms with Crippen LogP contribution in [0.2, 0.25) is 0 Å². The second-order valence-electron chi connectivity index (χ2n) is 3.88. The van der Waals surface area contributed by atoms with Crippen LogP contribution < -0.4 is 0 Å². The number of benzene rings is 2. The van der Waals surface area contributed by atoms with Crippen LogP contribution in [0.5, 0.6) is 0 Å². The molecule has 0 bridgehead atoms. The van der Waals surface area contributed by atoms with E-state index in [1.165, 1.54) is 24.3 Å². The summed E-state index contributed by atoms with van der Waals surface area (Å²) in [6, 6.07) is 9.97. The highest BCUT2D eigenvalue weighted by Gasteiger charge is 2.08. The maximum absolute atomic E-state index is 13.6. The number of hydrogen-bond donors (Lipinski definition) is 1. The molecule has 0 aromatic heterocycles. The zero-order valence-corrected chi connectivity index (χ0v) is 9.36. The first kappa shape index (κ1) is 12.2. The molecule has 0 radical (unpaired) electrons. The van der Waals surface area contributed by atoms with Gasteiger partial charge in [0.05, 0.1) is 6.42 Å². The average molecular weight is 248 g/mol. The molecule has 2 rings (SSSR count). The molecule has 0 saturated heterocycles. The molecule has 0 spiro atoms. The number of halogens is 2. The van der Waals surface area contributed by atoms with Crippen LogP contribution in [0, 0.1) is 11.6 Å². The van der Waals surface area contributed by atoms with Gasteiger partial charge in [-0.1, -0.05) is 24.3 Å². The molecule has 0 aliphatic heterocycles. The van der Waals surface area contributed by atoms with E-state index in [4.69, 9.17) is 5.11 Å². The highest BCUT2D eigenvalue weighted by atomic mass is 19.1. The molecule has 0 amide bonds. The summed E-state index contributed by atoms with van der Waals surface area (Å²) in [6.07, 6.45) is -0.352. The van der Waals surface area contributed by atoms with E-state index in [0.717, 1.165) is 0 Å². The van der Waals surface area contributed by atoms with Gasteiger partial charge in [-0.15, -0.1) is 0 Å². The second-order valence-corrected chi connectivity index (χ2v) is 3.88. The van der Waals surface area contributed by atoms with Gasteiger partial charge >= 0.3 is 5.97 Å². The van der Waals surface area contributed by atoms with Gasteiger partial charge in [-0.05, 0) is 34.9 Å². The lowest BCUT2D eigenvalue weighted by molar-refractivity contribution is -0.136. The summed E-state index contributed by atoms with van der Waals surface area (Å²) >= 11 is 0. The molecular formula is C14H10F2O2. The monoisotopic (exact) mass is 248 g/mol. The van der Waals surface area contributed by atoms with Crippen LogP contribution in [0.1, 0.15) is 5.56 Å². The Labute approximate surface area is 103 Å². The smallest absolute Gasteiger partial charge is 0.307 e. The molecule has 1 N–H and O–H groups in total.